The molecule has 0 aliphatic carbocycles. The second-order valence-electron chi connectivity index (χ2n) is 4.24. The van der Waals surface area contributed by atoms with Gasteiger partial charge in [-0.1, -0.05) is 13.0 Å². The van der Waals surface area contributed by atoms with E-state index in [4.69, 9.17) is 15.2 Å². The first-order valence-corrected chi connectivity index (χ1v) is 7.28. The van der Waals surface area contributed by atoms with Gasteiger partial charge in [-0.2, -0.15) is 11.3 Å². The van der Waals surface area contributed by atoms with E-state index in [1.165, 1.54) is 5.56 Å². The van der Waals surface area contributed by atoms with E-state index in [0.717, 1.165) is 23.5 Å². The summed E-state index contributed by atoms with van der Waals surface area (Å²) in [6.45, 7) is 2.55. The zero-order valence-corrected chi connectivity index (χ0v) is 12.1. The normalized spacial score (nSPS) is 12.2. The quantitative estimate of drug-likeness (QED) is 0.880. The summed E-state index contributed by atoms with van der Waals surface area (Å²) in [5, 5.41) is 4.09. The van der Waals surface area contributed by atoms with Gasteiger partial charge in [0, 0.05) is 12.1 Å². The molecule has 1 aromatic carbocycles. The van der Waals surface area contributed by atoms with Gasteiger partial charge in [-0.05, 0) is 40.9 Å². The van der Waals surface area contributed by atoms with Gasteiger partial charge in [-0.15, -0.1) is 0 Å². The number of rotatable bonds is 6. The SMILES string of the molecule is CCc1ccc(OC(CN)c2ccsc2)c(OC)c1. The molecule has 1 aromatic heterocycles. The Labute approximate surface area is 118 Å². The average Bonchev–Trinajstić information content (AvgIpc) is 2.98. The van der Waals surface area contributed by atoms with E-state index >= 15 is 0 Å². The molecule has 102 valence electrons. The number of thiophene rings is 1. The van der Waals surface area contributed by atoms with E-state index in [1.807, 2.05) is 23.6 Å². The minimum absolute atomic E-state index is 0.132. The highest BCUT2D eigenvalue weighted by molar-refractivity contribution is 7.07. The second kappa shape index (κ2) is 6.59. The Bertz CT molecular complexity index is 511. The van der Waals surface area contributed by atoms with E-state index < -0.39 is 0 Å². The van der Waals surface area contributed by atoms with Crippen LogP contribution in [0.1, 0.15) is 24.2 Å². The number of methoxy groups -OCH3 is 1. The van der Waals surface area contributed by atoms with Crippen LogP contribution in [0.5, 0.6) is 11.5 Å². The van der Waals surface area contributed by atoms with Crippen molar-refractivity contribution in [2.45, 2.75) is 19.4 Å². The summed E-state index contributed by atoms with van der Waals surface area (Å²) in [4.78, 5) is 0. The number of benzene rings is 1. The predicted molar refractivity (Wildman–Crippen MR) is 79.1 cm³/mol. The zero-order valence-electron chi connectivity index (χ0n) is 11.3. The first-order chi connectivity index (χ1) is 9.28. The van der Waals surface area contributed by atoms with Crippen molar-refractivity contribution in [2.75, 3.05) is 13.7 Å². The van der Waals surface area contributed by atoms with Crippen LogP contribution in [-0.4, -0.2) is 13.7 Å². The molecule has 0 fully saturated rings. The fourth-order valence-corrected chi connectivity index (χ4v) is 2.59. The molecule has 0 spiro atoms. The molecular formula is C15H19NO2S. The van der Waals surface area contributed by atoms with Crippen LogP contribution in [0.25, 0.3) is 0 Å². The van der Waals surface area contributed by atoms with E-state index in [9.17, 15) is 0 Å². The van der Waals surface area contributed by atoms with Crippen molar-refractivity contribution in [2.24, 2.45) is 5.73 Å². The van der Waals surface area contributed by atoms with Gasteiger partial charge in [0.25, 0.3) is 0 Å². The molecule has 2 aromatic rings. The maximum atomic E-state index is 5.99. The van der Waals surface area contributed by atoms with E-state index in [1.54, 1.807) is 18.4 Å². The molecule has 0 bridgehead atoms. The van der Waals surface area contributed by atoms with Crippen LogP contribution in [0.4, 0.5) is 0 Å². The summed E-state index contributed by atoms with van der Waals surface area (Å²) in [6.07, 6.45) is 0.842. The summed E-state index contributed by atoms with van der Waals surface area (Å²) in [7, 11) is 1.66. The minimum Gasteiger partial charge on any atom is -0.493 e. The van der Waals surface area contributed by atoms with Crippen molar-refractivity contribution >= 4 is 11.3 Å². The lowest BCUT2D eigenvalue weighted by molar-refractivity contribution is 0.205. The fourth-order valence-electron chi connectivity index (χ4n) is 1.89. The summed E-state index contributed by atoms with van der Waals surface area (Å²) < 4.78 is 11.4. The van der Waals surface area contributed by atoms with Crippen LogP contribution in [0.2, 0.25) is 0 Å². The molecule has 4 heteroatoms. The summed E-state index contributed by atoms with van der Waals surface area (Å²) in [5.41, 5.74) is 8.13. The third-order valence-electron chi connectivity index (χ3n) is 3.03. The Balaban J connectivity index is 2.22. The van der Waals surface area contributed by atoms with Crippen molar-refractivity contribution in [3.63, 3.8) is 0 Å². The van der Waals surface area contributed by atoms with Gasteiger partial charge in [0.05, 0.1) is 7.11 Å². The summed E-state index contributed by atoms with van der Waals surface area (Å²) in [5.74, 6) is 1.49. The predicted octanol–water partition coefficient (Wildman–Crippen LogP) is 3.40. The Hall–Kier alpha value is -1.52. The number of hydrogen-bond donors (Lipinski definition) is 1. The molecule has 1 unspecified atom stereocenters. The van der Waals surface area contributed by atoms with Gasteiger partial charge in [0.15, 0.2) is 11.5 Å². The van der Waals surface area contributed by atoms with Gasteiger partial charge in [-0.3, -0.25) is 0 Å². The van der Waals surface area contributed by atoms with Crippen molar-refractivity contribution in [1.82, 2.24) is 0 Å². The van der Waals surface area contributed by atoms with E-state index in [-0.39, 0.29) is 6.10 Å². The first kappa shape index (κ1) is 13.9. The van der Waals surface area contributed by atoms with Gasteiger partial charge < -0.3 is 15.2 Å². The molecule has 19 heavy (non-hydrogen) atoms. The van der Waals surface area contributed by atoms with Crippen LogP contribution < -0.4 is 15.2 Å². The maximum Gasteiger partial charge on any atom is 0.162 e. The van der Waals surface area contributed by atoms with Crippen LogP contribution in [0.3, 0.4) is 0 Å². The number of aryl methyl sites for hydroxylation is 1. The van der Waals surface area contributed by atoms with Crippen molar-refractivity contribution < 1.29 is 9.47 Å². The Morgan fingerprint density at radius 3 is 2.68 bits per heavy atom. The van der Waals surface area contributed by atoms with Crippen LogP contribution >= 0.6 is 11.3 Å². The Morgan fingerprint density at radius 2 is 2.11 bits per heavy atom. The van der Waals surface area contributed by atoms with Gasteiger partial charge >= 0.3 is 0 Å². The lowest BCUT2D eigenvalue weighted by atomic mass is 10.1. The molecule has 2 N–H and O–H groups in total. The lowest BCUT2D eigenvalue weighted by Crippen LogP contribution is -2.18. The van der Waals surface area contributed by atoms with Gasteiger partial charge in [0.1, 0.15) is 6.10 Å². The molecular weight excluding hydrogens is 258 g/mol. The molecule has 0 aliphatic rings. The largest absolute Gasteiger partial charge is 0.493 e. The lowest BCUT2D eigenvalue weighted by Gasteiger charge is -2.18. The van der Waals surface area contributed by atoms with E-state index in [2.05, 4.69) is 18.4 Å². The summed E-state index contributed by atoms with van der Waals surface area (Å²) >= 11 is 1.64. The Kier molecular flexibility index (Phi) is 4.82. The first-order valence-electron chi connectivity index (χ1n) is 6.34. The van der Waals surface area contributed by atoms with Crippen molar-refractivity contribution in [1.29, 1.82) is 0 Å². The molecule has 0 saturated heterocycles. The molecule has 0 radical (unpaired) electrons. The van der Waals surface area contributed by atoms with Crippen LogP contribution in [-0.2, 0) is 6.42 Å². The molecule has 0 amide bonds. The third-order valence-corrected chi connectivity index (χ3v) is 3.74. The number of hydrogen-bond acceptors (Lipinski definition) is 4. The highest BCUT2D eigenvalue weighted by Gasteiger charge is 2.14. The molecule has 1 heterocycles. The monoisotopic (exact) mass is 277 g/mol. The molecule has 3 nitrogen and oxygen atoms in total. The average molecular weight is 277 g/mol. The summed E-state index contributed by atoms with van der Waals surface area (Å²) in [6, 6.07) is 8.05. The molecule has 2 rings (SSSR count). The zero-order chi connectivity index (χ0) is 13.7. The fraction of sp³-hybridized carbons (Fsp3) is 0.333. The highest BCUT2D eigenvalue weighted by atomic mass is 32.1. The maximum absolute atomic E-state index is 5.99. The second-order valence-corrected chi connectivity index (χ2v) is 5.02. The standard InChI is InChI=1S/C15H19NO2S/c1-3-11-4-5-13(14(8-11)17-2)18-15(9-16)12-6-7-19-10-12/h4-8,10,15H,3,9,16H2,1-2H3. The third kappa shape index (κ3) is 3.28. The van der Waals surface area contributed by atoms with Crippen molar-refractivity contribution in [3.05, 3.63) is 46.2 Å². The minimum atomic E-state index is -0.132. The molecule has 1 atom stereocenters. The van der Waals surface area contributed by atoms with Crippen LogP contribution in [0.15, 0.2) is 35.0 Å². The number of nitrogens with two attached hydrogens (primary N) is 1. The van der Waals surface area contributed by atoms with Crippen LogP contribution in [0, 0.1) is 0 Å². The number of ether oxygens (including phenoxy) is 2. The molecule has 0 saturated carbocycles. The van der Waals surface area contributed by atoms with Gasteiger partial charge in [0.2, 0.25) is 0 Å². The Morgan fingerprint density at radius 1 is 1.26 bits per heavy atom. The molecule has 0 aliphatic heterocycles. The smallest absolute Gasteiger partial charge is 0.162 e. The van der Waals surface area contributed by atoms with E-state index in [0.29, 0.717) is 6.54 Å². The van der Waals surface area contributed by atoms with Gasteiger partial charge in [-0.25, -0.2) is 0 Å². The highest BCUT2D eigenvalue weighted by Crippen LogP contribution is 2.32. The van der Waals surface area contributed by atoms with Crippen molar-refractivity contribution in [3.8, 4) is 11.5 Å². The topological polar surface area (TPSA) is 44.5 Å².